The van der Waals surface area contributed by atoms with E-state index in [0.717, 1.165) is 0 Å². The molecule has 0 spiro atoms. The van der Waals surface area contributed by atoms with Crippen molar-refractivity contribution in [2.75, 3.05) is 21.3 Å². The van der Waals surface area contributed by atoms with Crippen LogP contribution in [0.4, 0.5) is 11.4 Å². The zero-order valence-corrected chi connectivity index (χ0v) is 16.9. The number of hydrogen-bond acceptors (Lipinski definition) is 4. The Kier molecular flexibility index (Phi) is 5.13. The molecule has 1 saturated heterocycles. The van der Waals surface area contributed by atoms with Gasteiger partial charge in [-0.1, -0.05) is 29.3 Å². The van der Waals surface area contributed by atoms with Gasteiger partial charge in [-0.05, 0) is 49.2 Å². The van der Waals surface area contributed by atoms with Crippen LogP contribution in [0.5, 0.6) is 0 Å². The lowest BCUT2D eigenvalue weighted by atomic mass is 10.2. The van der Waals surface area contributed by atoms with Crippen LogP contribution in [-0.4, -0.2) is 29.1 Å². The van der Waals surface area contributed by atoms with Gasteiger partial charge < -0.3 is 0 Å². The average Bonchev–Trinajstić information content (AvgIpc) is 2.90. The van der Waals surface area contributed by atoms with E-state index in [1.54, 1.807) is 25.1 Å². The Morgan fingerprint density at radius 2 is 1.85 bits per heavy atom. The predicted molar refractivity (Wildman–Crippen MR) is 104 cm³/mol. The molecule has 2 aromatic rings. The van der Waals surface area contributed by atoms with Crippen LogP contribution in [0.25, 0.3) is 0 Å². The average molecular weight is 435 g/mol. The first kappa shape index (κ1) is 19.3. The van der Waals surface area contributed by atoms with E-state index in [2.05, 4.69) is 4.72 Å². The molecule has 6 nitrogen and oxygen atoms in total. The Hall–Kier alpha value is -1.48. The second kappa shape index (κ2) is 6.92. The van der Waals surface area contributed by atoms with Crippen molar-refractivity contribution in [3.8, 4) is 0 Å². The number of anilines is 2. The summed E-state index contributed by atoms with van der Waals surface area (Å²) in [5, 5.41) is 0.376. The fraction of sp³-hybridized carbons (Fsp3) is 0.250. The molecule has 10 heteroatoms. The minimum Gasteiger partial charge on any atom is -0.280 e. The smallest absolute Gasteiger partial charge is 0.263 e. The fourth-order valence-corrected chi connectivity index (χ4v) is 6.14. The van der Waals surface area contributed by atoms with Gasteiger partial charge in [0.1, 0.15) is 4.90 Å². The molecule has 0 radical (unpaired) electrons. The molecule has 26 heavy (non-hydrogen) atoms. The number of nitrogens with zero attached hydrogens (tertiary/aromatic N) is 1. The summed E-state index contributed by atoms with van der Waals surface area (Å²) >= 11 is 12.0. The minimum absolute atomic E-state index is 0.00590. The van der Waals surface area contributed by atoms with Gasteiger partial charge in [-0.2, -0.15) is 0 Å². The van der Waals surface area contributed by atoms with Crippen LogP contribution in [0.15, 0.2) is 41.3 Å². The molecular weight excluding hydrogens is 419 g/mol. The van der Waals surface area contributed by atoms with E-state index < -0.39 is 20.0 Å². The highest BCUT2D eigenvalue weighted by Crippen LogP contribution is 2.31. The molecule has 0 unspecified atom stereocenters. The Labute approximate surface area is 162 Å². The Balaban J connectivity index is 1.94. The summed E-state index contributed by atoms with van der Waals surface area (Å²) in [6.45, 7) is 2.05. The summed E-state index contributed by atoms with van der Waals surface area (Å²) in [5.41, 5.74) is 1.24. The van der Waals surface area contributed by atoms with Crippen molar-refractivity contribution in [3.63, 3.8) is 0 Å². The Morgan fingerprint density at radius 3 is 2.50 bits per heavy atom. The van der Waals surface area contributed by atoms with E-state index in [9.17, 15) is 16.8 Å². The summed E-state index contributed by atoms with van der Waals surface area (Å²) in [6, 6.07) is 9.01. The van der Waals surface area contributed by atoms with Crippen molar-refractivity contribution in [2.45, 2.75) is 18.2 Å². The number of benzene rings is 2. The van der Waals surface area contributed by atoms with E-state index in [1.165, 1.54) is 22.5 Å². The molecule has 1 heterocycles. The van der Waals surface area contributed by atoms with Gasteiger partial charge in [-0.15, -0.1) is 0 Å². The highest BCUT2D eigenvalue weighted by molar-refractivity contribution is 7.93. The second-order valence-electron chi connectivity index (χ2n) is 5.93. The zero-order chi connectivity index (χ0) is 19.1. The first-order valence-corrected chi connectivity index (χ1v) is 11.5. The SMILES string of the molecule is Cc1cc(S(=O)(=O)Nc2cccc(N3CCCS3(=O)=O)c2)c(Cl)cc1Cl. The topological polar surface area (TPSA) is 83.6 Å². The molecule has 3 rings (SSSR count). The number of halogens is 2. The van der Waals surface area contributed by atoms with Crippen LogP contribution < -0.4 is 9.03 Å². The molecule has 0 amide bonds. The first-order chi connectivity index (χ1) is 12.1. The Morgan fingerprint density at radius 1 is 1.12 bits per heavy atom. The van der Waals surface area contributed by atoms with E-state index in [0.29, 0.717) is 29.2 Å². The van der Waals surface area contributed by atoms with Crippen LogP contribution in [0.2, 0.25) is 10.0 Å². The molecule has 1 aliphatic heterocycles. The highest BCUT2D eigenvalue weighted by Gasteiger charge is 2.28. The number of aryl methyl sites for hydroxylation is 1. The lowest BCUT2D eigenvalue weighted by Crippen LogP contribution is -2.25. The minimum atomic E-state index is -3.96. The summed E-state index contributed by atoms with van der Waals surface area (Å²) < 4.78 is 53.2. The number of rotatable bonds is 4. The quantitative estimate of drug-likeness (QED) is 0.795. The molecule has 2 aromatic carbocycles. The monoisotopic (exact) mass is 434 g/mol. The van der Waals surface area contributed by atoms with Gasteiger partial charge in [0.2, 0.25) is 10.0 Å². The van der Waals surface area contributed by atoms with Crippen molar-refractivity contribution in [1.29, 1.82) is 0 Å². The second-order valence-corrected chi connectivity index (χ2v) is 10.4. The van der Waals surface area contributed by atoms with E-state index in [-0.39, 0.29) is 21.4 Å². The first-order valence-electron chi connectivity index (χ1n) is 7.69. The normalized spacial score (nSPS) is 16.7. The molecule has 0 aromatic heterocycles. The van der Waals surface area contributed by atoms with Gasteiger partial charge in [0.05, 0.1) is 22.2 Å². The molecule has 0 atom stereocenters. The van der Waals surface area contributed by atoms with Crippen LogP contribution >= 0.6 is 23.2 Å². The molecular formula is C16H16Cl2N2O4S2. The lowest BCUT2D eigenvalue weighted by Gasteiger charge is -2.18. The van der Waals surface area contributed by atoms with E-state index >= 15 is 0 Å². The third kappa shape index (κ3) is 3.78. The molecule has 0 aliphatic carbocycles. The van der Waals surface area contributed by atoms with Crippen molar-refractivity contribution in [1.82, 2.24) is 0 Å². The largest absolute Gasteiger partial charge is 0.280 e. The van der Waals surface area contributed by atoms with Crippen molar-refractivity contribution in [2.24, 2.45) is 0 Å². The van der Waals surface area contributed by atoms with E-state index in [1.807, 2.05) is 0 Å². The predicted octanol–water partition coefficient (Wildman–Crippen LogP) is 3.64. The van der Waals surface area contributed by atoms with Crippen molar-refractivity contribution >= 4 is 54.6 Å². The molecule has 0 bridgehead atoms. The Bertz CT molecular complexity index is 1070. The maximum atomic E-state index is 12.7. The third-order valence-electron chi connectivity index (χ3n) is 3.99. The van der Waals surface area contributed by atoms with Crippen LogP contribution in [0, 0.1) is 6.92 Å². The maximum Gasteiger partial charge on any atom is 0.263 e. The third-order valence-corrected chi connectivity index (χ3v) is 8.11. The summed E-state index contributed by atoms with van der Waals surface area (Å²) in [6.07, 6.45) is 0.540. The molecule has 140 valence electrons. The number of sulfonamides is 2. The zero-order valence-electron chi connectivity index (χ0n) is 13.7. The highest BCUT2D eigenvalue weighted by atomic mass is 35.5. The summed E-state index contributed by atoms with van der Waals surface area (Å²) in [4.78, 5) is -0.0970. The molecule has 0 saturated carbocycles. The summed E-state index contributed by atoms with van der Waals surface area (Å²) in [7, 11) is -7.31. The van der Waals surface area contributed by atoms with Crippen LogP contribution in [0.1, 0.15) is 12.0 Å². The van der Waals surface area contributed by atoms with Crippen molar-refractivity contribution < 1.29 is 16.8 Å². The fourth-order valence-electron chi connectivity index (χ4n) is 2.70. The standard InChI is InChI=1S/C16H16Cl2N2O4S2/c1-11-8-16(15(18)10-14(11)17)26(23,24)19-12-4-2-5-13(9-12)20-6-3-7-25(20,21)22/h2,4-5,8-10,19H,3,6-7H2,1H3. The van der Waals surface area contributed by atoms with Gasteiger partial charge in [-0.25, -0.2) is 16.8 Å². The van der Waals surface area contributed by atoms with Gasteiger partial charge in [-0.3, -0.25) is 9.03 Å². The molecule has 1 aliphatic rings. The molecule has 1 fully saturated rings. The van der Waals surface area contributed by atoms with Crippen LogP contribution in [-0.2, 0) is 20.0 Å². The lowest BCUT2D eigenvalue weighted by molar-refractivity contribution is 0.598. The van der Waals surface area contributed by atoms with Gasteiger partial charge in [0, 0.05) is 11.6 Å². The van der Waals surface area contributed by atoms with Gasteiger partial charge in [0.15, 0.2) is 0 Å². The van der Waals surface area contributed by atoms with Crippen LogP contribution in [0.3, 0.4) is 0 Å². The van der Waals surface area contributed by atoms with Crippen molar-refractivity contribution in [3.05, 3.63) is 52.0 Å². The van der Waals surface area contributed by atoms with E-state index in [4.69, 9.17) is 23.2 Å². The maximum absolute atomic E-state index is 12.7. The number of hydrogen-bond donors (Lipinski definition) is 1. The summed E-state index contributed by atoms with van der Waals surface area (Å²) in [5.74, 6) is 0.0859. The van der Waals surface area contributed by atoms with Gasteiger partial charge in [0.25, 0.3) is 10.0 Å². The molecule has 1 N–H and O–H groups in total. The number of nitrogens with one attached hydrogen (secondary N) is 1. The van der Waals surface area contributed by atoms with Gasteiger partial charge >= 0.3 is 0 Å².